The minimum Gasteiger partial charge on any atom is -0.508 e. The van der Waals surface area contributed by atoms with Crippen molar-refractivity contribution in [2.45, 2.75) is 12.8 Å². The Bertz CT molecular complexity index is 1050. The number of nitrogens with zero attached hydrogens (tertiary/aromatic N) is 2. The van der Waals surface area contributed by atoms with Gasteiger partial charge in [0.1, 0.15) is 11.6 Å². The van der Waals surface area contributed by atoms with Crippen LogP contribution in [0.15, 0.2) is 42.5 Å². The number of carbonyl (C=O) groups is 1. The normalized spacial score (nSPS) is 15.9. The Morgan fingerprint density at radius 3 is 2.63 bits per heavy atom. The Morgan fingerprint density at radius 1 is 1.04 bits per heavy atom. The van der Waals surface area contributed by atoms with Crippen molar-refractivity contribution in [2.24, 2.45) is 0 Å². The van der Waals surface area contributed by atoms with Crippen molar-refractivity contribution in [1.29, 1.82) is 0 Å². The van der Waals surface area contributed by atoms with Gasteiger partial charge in [0.25, 0.3) is 0 Å². The molecule has 2 N–H and O–H groups in total. The second kappa shape index (κ2) is 6.35. The van der Waals surface area contributed by atoms with Crippen LogP contribution in [-0.4, -0.2) is 47.0 Å². The van der Waals surface area contributed by atoms with E-state index in [0.29, 0.717) is 16.9 Å². The molecular weight excluding hydrogens is 338 g/mol. The molecule has 0 radical (unpaired) electrons. The van der Waals surface area contributed by atoms with E-state index in [1.54, 1.807) is 12.1 Å². The zero-order chi connectivity index (χ0) is 18.4. The lowest BCUT2D eigenvalue weighted by Crippen LogP contribution is -2.26. The van der Waals surface area contributed by atoms with E-state index >= 15 is 0 Å². The number of aromatic nitrogens is 1. The molecule has 2 heterocycles. The Kier molecular flexibility index (Phi) is 3.83. The lowest BCUT2D eigenvalue weighted by Gasteiger charge is -2.17. The molecule has 2 aromatic carbocycles. The second-order valence-corrected chi connectivity index (χ2v) is 7.26. The number of rotatable bonds is 4. The predicted octanol–water partition coefficient (Wildman–Crippen LogP) is 3.66. The van der Waals surface area contributed by atoms with Crippen LogP contribution in [0.1, 0.15) is 28.8 Å². The first-order chi connectivity index (χ1) is 13.2. The minimum absolute atomic E-state index is 0.0201. The number of anilines is 1. The highest BCUT2D eigenvalue weighted by atomic mass is 16.3. The molecule has 27 heavy (non-hydrogen) atoms. The maximum atomic E-state index is 13.1. The van der Waals surface area contributed by atoms with Gasteiger partial charge in [0.05, 0.1) is 11.1 Å². The van der Waals surface area contributed by atoms with E-state index in [-0.39, 0.29) is 11.5 Å². The first-order valence-electron chi connectivity index (χ1n) is 9.49. The van der Waals surface area contributed by atoms with Crippen molar-refractivity contribution in [3.63, 3.8) is 0 Å². The molecule has 0 bridgehead atoms. The fourth-order valence-electron chi connectivity index (χ4n) is 4.25. The number of likely N-dealkylation sites (tertiary alicyclic amines) is 1. The summed E-state index contributed by atoms with van der Waals surface area (Å²) in [6.45, 7) is 3.97. The number of carbonyl (C=O) groups excluding carboxylic acids is 1. The van der Waals surface area contributed by atoms with Gasteiger partial charge in [-0.3, -0.25) is 4.79 Å². The molecule has 0 spiro atoms. The molecule has 1 aliphatic heterocycles. The molecule has 1 fully saturated rings. The van der Waals surface area contributed by atoms with Crippen molar-refractivity contribution in [2.75, 3.05) is 31.5 Å². The molecule has 136 valence electrons. The summed E-state index contributed by atoms with van der Waals surface area (Å²) in [5.74, 6) is 0.811. The van der Waals surface area contributed by atoms with Gasteiger partial charge in [0.15, 0.2) is 5.78 Å². The van der Waals surface area contributed by atoms with Crippen molar-refractivity contribution in [1.82, 2.24) is 9.88 Å². The summed E-state index contributed by atoms with van der Waals surface area (Å²) in [4.78, 5) is 20.2. The van der Waals surface area contributed by atoms with Gasteiger partial charge in [-0.1, -0.05) is 24.3 Å². The van der Waals surface area contributed by atoms with Crippen molar-refractivity contribution in [3.05, 3.63) is 53.6 Å². The summed E-state index contributed by atoms with van der Waals surface area (Å²) in [5.41, 5.74) is 3.93. The summed E-state index contributed by atoms with van der Waals surface area (Å²) in [7, 11) is 0. The average molecular weight is 359 g/mol. The lowest BCUT2D eigenvalue weighted by molar-refractivity contribution is 0.104. The maximum absolute atomic E-state index is 13.1. The number of aromatic hydroxyl groups is 1. The van der Waals surface area contributed by atoms with Crippen molar-refractivity contribution >= 4 is 22.5 Å². The molecule has 0 unspecified atom stereocenters. The molecule has 3 aromatic rings. The number of nitrogens with one attached hydrogen (secondary N) is 1. The first-order valence-corrected chi connectivity index (χ1v) is 9.49. The van der Waals surface area contributed by atoms with Gasteiger partial charge in [0, 0.05) is 35.7 Å². The molecule has 1 saturated heterocycles. The molecule has 0 amide bonds. The van der Waals surface area contributed by atoms with Crippen LogP contribution >= 0.6 is 0 Å². The lowest BCUT2D eigenvalue weighted by atomic mass is 10.0. The van der Waals surface area contributed by atoms with Gasteiger partial charge in [-0.25, -0.2) is 4.98 Å². The van der Waals surface area contributed by atoms with Crippen LogP contribution in [0, 0.1) is 0 Å². The van der Waals surface area contributed by atoms with Crippen LogP contribution in [0.2, 0.25) is 0 Å². The van der Waals surface area contributed by atoms with E-state index in [4.69, 9.17) is 4.98 Å². The second-order valence-electron chi connectivity index (χ2n) is 7.26. The smallest absolute Gasteiger partial charge is 0.198 e. The summed E-state index contributed by atoms with van der Waals surface area (Å²) in [5, 5.41) is 14.2. The Hall–Kier alpha value is -2.92. The van der Waals surface area contributed by atoms with E-state index in [9.17, 15) is 9.90 Å². The number of hydrogen-bond acceptors (Lipinski definition) is 5. The van der Waals surface area contributed by atoms with Crippen LogP contribution in [-0.2, 0) is 0 Å². The SMILES string of the molecule is O=C1c2ccccc2-c2c1c(NCCN1CCCC1)nc1cc(O)ccc21. The quantitative estimate of drug-likeness (QED) is 0.582. The third-order valence-corrected chi connectivity index (χ3v) is 5.56. The van der Waals surface area contributed by atoms with Crippen LogP contribution in [0.3, 0.4) is 0 Å². The van der Waals surface area contributed by atoms with Gasteiger partial charge in [-0.2, -0.15) is 0 Å². The van der Waals surface area contributed by atoms with E-state index in [2.05, 4.69) is 10.2 Å². The molecule has 1 aliphatic carbocycles. The molecule has 0 atom stereocenters. The Balaban J connectivity index is 1.60. The number of pyridine rings is 1. The molecule has 5 rings (SSSR count). The van der Waals surface area contributed by atoms with Gasteiger partial charge in [-0.15, -0.1) is 0 Å². The van der Waals surface area contributed by atoms with Gasteiger partial charge in [-0.05, 0) is 43.6 Å². The van der Waals surface area contributed by atoms with E-state index in [1.807, 2.05) is 30.3 Å². The molecule has 5 nitrogen and oxygen atoms in total. The fourth-order valence-corrected chi connectivity index (χ4v) is 4.25. The van der Waals surface area contributed by atoms with Crippen LogP contribution < -0.4 is 5.32 Å². The van der Waals surface area contributed by atoms with Crippen molar-refractivity contribution < 1.29 is 9.90 Å². The van der Waals surface area contributed by atoms with Crippen molar-refractivity contribution in [3.8, 4) is 16.9 Å². The monoisotopic (exact) mass is 359 g/mol. The number of phenolic OH excluding ortho intramolecular Hbond substituents is 1. The highest BCUT2D eigenvalue weighted by Gasteiger charge is 2.32. The van der Waals surface area contributed by atoms with Crippen LogP contribution in [0.5, 0.6) is 5.75 Å². The first kappa shape index (κ1) is 16.3. The summed E-state index contributed by atoms with van der Waals surface area (Å²) in [6.07, 6.45) is 2.52. The standard InChI is InChI=1S/C22H21N3O2/c26-14-7-8-17-18(13-14)24-22(23-9-12-25-10-3-4-11-25)20-19(17)15-5-1-2-6-16(15)21(20)27/h1-2,5-8,13,26H,3-4,9-12H2,(H,23,24). The van der Waals surface area contributed by atoms with E-state index in [0.717, 1.165) is 48.3 Å². The number of phenols is 1. The Labute approximate surface area is 157 Å². The van der Waals surface area contributed by atoms with E-state index < -0.39 is 0 Å². The molecule has 2 aliphatic rings. The number of benzene rings is 2. The zero-order valence-electron chi connectivity index (χ0n) is 15.0. The minimum atomic E-state index is 0.0201. The molecule has 0 saturated carbocycles. The number of hydrogen-bond donors (Lipinski definition) is 2. The average Bonchev–Trinajstić information content (AvgIpc) is 3.29. The maximum Gasteiger partial charge on any atom is 0.198 e. The molecular formula is C22H21N3O2. The largest absolute Gasteiger partial charge is 0.508 e. The highest BCUT2D eigenvalue weighted by molar-refractivity contribution is 6.28. The third kappa shape index (κ3) is 2.66. The van der Waals surface area contributed by atoms with Gasteiger partial charge >= 0.3 is 0 Å². The molecule has 1 aromatic heterocycles. The highest BCUT2D eigenvalue weighted by Crippen LogP contribution is 2.44. The number of fused-ring (bicyclic) bond motifs is 5. The van der Waals surface area contributed by atoms with Crippen LogP contribution in [0.25, 0.3) is 22.0 Å². The topological polar surface area (TPSA) is 65.5 Å². The third-order valence-electron chi connectivity index (χ3n) is 5.56. The van der Waals surface area contributed by atoms with Crippen LogP contribution in [0.4, 0.5) is 5.82 Å². The predicted molar refractivity (Wildman–Crippen MR) is 106 cm³/mol. The summed E-state index contributed by atoms with van der Waals surface area (Å²) < 4.78 is 0. The zero-order valence-corrected chi connectivity index (χ0v) is 15.0. The summed E-state index contributed by atoms with van der Waals surface area (Å²) >= 11 is 0. The van der Waals surface area contributed by atoms with Gasteiger partial charge < -0.3 is 15.3 Å². The summed E-state index contributed by atoms with van der Waals surface area (Å²) in [6, 6.07) is 12.9. The van der Waals surface area contributed by atoms with E-state index in [1.165, 1.54) is 12.8 Å². The van der Waals surface area contributed by atoms with Gasteiger partial charge in [0.2, 0.25) is 0 Å². The number of ketones is 1. The fraction of sp³-hybridized carbons (Fsp3) is 0.273. The Morgan fingerprint density at radius 2 is 1.81 bits per heavy atom. The molecule has 5 heteroatoms.